The predicted octanol–water partition coefficient (Wildman–Crippen LogP) is 3.62. The van der Waals surface area contributed by atoms with Crippen LogP contribution in [0, 0.1) is 24.7 Å². The van der Waals surface area contributed by atoms with Crippen LogP contribution in [0.1, 0.15) is 41.6 Å². The van der Waals surface area contributed by atoms with Gasteiger partial charge in [-0.1, -0.05) is 24.5 Å². The van der Waals surface area contributed by atoms with Crippen LogP contribution in [0.3, 0.4) is 0 Å². The van der Waals surface area contributed by atoms with E-state index in [0.29, 0.717) is 17.6 Å². The Bertz CT molecular complexity index is 466. The lowest BCUT2D eigenvalue weighted by atomic mass is 10.0. The zero-order valence-electron chi connectivity index (χ0n) is 11.1. The monoisotopic (exact) mass is 244 g/mol. The standard InChI is InChI=1S/C16H20O2/c1-10-7-8-14(18-2)13(9-10)16(17)15-11-5-3-4-6-12(11)15/h7-9,11-12,15H,3-6H2,1-2H3. The molecule has 2 unspecified atom stereocenters. The first-order valence-electron chi connectivity index (χ1n) is 6.91. The number of ketones is 1. The first kappa shape index (κ1) is 11.8. The van der Waals surface area contributed by atoms with Gasteiger partial charge in [0.25, 0.3) is 0 Å². The van der Waals surface area contributed by atoms with Crippen molar-refractivity contribution in [3.63, 3.8) is 0 Å². The van der Waals surface area contributed by atoms with Gasteiger partial charge in [0.1, 0.15) is 5.75 Å². The van der Waals surface area contributed by atoms with E-state index in [1.807, 2.05) is 25.1 Å². The normalized spacial score (nSPS) is 29.6. The summed E-state index contributed by atoms with van der Waals surface area (Å²) < 4.78 is 5.33. The van der Waals surface area contributed by atoms with Crippen LogP contribution in [-0.4, -0.2) is 12.9 Å². The van der Waals surface area contributed by atoms with Crippen LogP contribution in [-0.2, 0) is 0 Å². The lowest BCUT2D eigenvalue weighted by Crippen LogP contribution is -2.07. The molecule has 2 heteroatoms. The third-order valence-electron chi connectivity index (χ3n) is 4.58. The minimum absolute atomic E-state index is 0.281. The van der Waals surface area contributed by atoms with E-state index in [-0.39, 0.29) is 5.92 Å². The van der Waals surface area contributed by atoms with Crippen LogP contribution in [0.2, 0.25) is 0 Å². The van der Waals surface area contributed by atoms with Crippen LogP contribution in [0.5, 0.6) is 5.75 Å². The van der Waals surface area contributed by atoms with Crippen molar-refractivity contribution in [1.29, 1.82) is 0 Å². The van der Waals surface area contributed by atoms with Gasteiger partial charge in [0.05, 0.1) is 12.7 Å². The summed E-state index contributed by atoms with van der Waals surface area (Å²) in [6.45, 7) is 2.02. The van der Waals surface area contributed by atoms with Gasteiger partial charge in [-0.25, -0.2) is 0 Å². The summed E-state index contributed by atoms with van der Waals surface area (Å²) >= 11 is 0. The Morgan fingerprint density at radius 2 is 1.89 bits per heavy atom. The Kier molecular flexibility index (Phi) is 2.89. The number of Topliss-reactive ketones (excluding diaryl/α,β-unsaturated/α-hetero) is 1. The van der Waals surface area contributed by atoms with E-state index in [9.17, 15) is 4.79 Å². The van der Waals surface area contributed by atoms with Crippen LogP contribution >= 0.6 is 0 Å². The van der Waals surface area contributed by atoms with Crippen LogP contribution in [0.15, 0.2) is 18.2 Å². The molecule has 2 fully saturated rings. The molecule has 0 aromatic heterocycles. The van der Waals surface area contributed by atoms with Crippen molar-refractivity contribution < 1.29 is 9.53 Å². The Labute approximate surface area is 108 Å². The summed E-state index contributed by atoms with van der Waals surface area (Å²) in [5.74, 6) is 2.65. The molecule has 18 heavy (non-hydrogen) atoms. The fourth-order valence-electron chi connectivity index (χ4n) is 3.58. The number of hydrogen-bond donors (Lipinski definition) is 0. The van der Waals surface area contributed by atoms with Crippen LogP contribution < -0.4 is 4.74 Å². The Hall–Kier alpha value is -1.31. The minimum Gasteiger partial charge on any atom is -0.496 e. The summed E-state index contributed by atoms with van der Waals surface area (Å²) in [4.78, 5) is 12.6. The molecule has 0 aliphatic heterocycles. The SMILES string of the molecule is COc1ccc(C)cc1C(=O)C1C2CCCCC21. The van der Waals surface area contributed by atoms with Crippen LogP contribution in [0.4, 0.5) is 0 Å². The highest BCUT2D eigenvalue weighted by molar-refractivity contribution is 6.02. The van der Waals surface area contributed by atoms with Gasteiger partial charge in [-0.15, -0.1) is 0 Å². The van der Waals surface area contributed by atoms with E-state index < -0.39 is 0 Å². The smallest absolute Gasteiger partial charge is 0.170 e. The number of methoxy groups -OCH3 is 1. The molecule has 0 saturated heterocycles. The highest BCUT2D eigenvalue weighted by atomic mass is 16.5. The van der Waals surface area contributed by atoms with Crippen molar-refractivity contribution in [3.05, 3.63) is 29.3 Å². The molecule has 2 aliphatic carbocycles. The molecule has 2 saturated carbocycles. The average Bonchev–Trinajstić information content (AvgIpc) is 3.12. The maximum Gasteiger partial charge on any atom is 0.170 e. The van der Waals surface area contributed by atoms with Gasteiger partial charge in [-0.3, -0.25) is 4.79 Å². The van der Waals surface area contributed by atoms with Crippen molar-refractivity contribution in [2.45, 2.75) is 32.6 Å². The summed E-state index contributed by atoms with van der Waals surface area (Å²) in [5, 5.41) is 0. The Balaban J connectivity index is 1.86. The van der Waals surface area contributed by atoms with Crippen molar-refractivity contribution >= 4 is 5.78 Å². The lowest BCUT2D eigenvalue weighted by Gasteiger charge is -2.08. The molecule has 2 aliphatic rings. The maximum atomic E-state index is 12.6. The van der Waals surface area contributed by atoms with Gasteiger partial charge in [0, 0.05) is 5.92 Å². The number of fused-ring (bicyclic) bond motifs is 1. The van der Waals surface area contributed by atoms with Crippen LogP contribution in [0.25, 0.3) is 0 Å². The Morgan fingerprint density at radius 3 is 2.50 bits per heavy atom. The van der Waals surface area contributed by atoms with E-state index in [0.717, 1.165) is 16.9 Å². The molecule has 96 valence electrons. The predicted molar refractivity (Wildman–Crippen MR) is 71.0 cm³/mol. The third kappa shape index (κ3) is 1.84. The fourth-order valence-corrected chi connectivity index (χ4v) is 3.58. The fraction of sp³-hybridized carbons (Fsp3) is 0.562. The molecule has 0 bridgehead atoms. The molecule has 0 amide bonds. The molecule has 2 nitrogen and oxygen atoms in total. The zero-order chi connectivity index (χ0) is 12.7. The van der Waals surface area contributed by atoms with Gasteiger partial charge in [-0.2, -0.15) is 0 Å². The number of carbonyl (C=O) groups is 1. The number of ether oxygens (including phenoxy) is 1. The number of rotatable bonds is 3. The number of carbonyl (C=O) groups excluding carboxylic acids is 1. The second-order valence-electron chi connectivity index (χ2n) is 5.71. The molecular weight excluding hydrogens is 224 g/mol. The largest absolute Gasteiger partial charge is 0.496 e. The number of aryl methyl sites for hydroxylation is 1. The van der Waals surface area contributed by atoms with Crippen molar-refractivity contribution in [1.82, 2.24) is 0 Å². The second-order valence-corrected chi connectivity index (χ2v) is 5.71. The van der Waals surface area contributed by atoms with E-state index in [4.69, 9.17) is 4.74 Å². The quantitative estimate of drug-likeness (QED) is 0.759. The average molecular weight is 244 g/mol. The molecule has 1 aromatic carbocycles. The summed E-state index contributed by atoms with van der Waals surface area (Å²) in [5.41, 5.74) is 1.92. The molecule has 1 aromatic rings. The van der Waals surface area contributed by atoms with Crippen molar-refractivity contribution in [2.75, 3.05) is 7.11 Å². The van der Waals surface area contributed by atoms with Gasteiger partial charge in [-0.05, 0) is 43.7 Å². The molecular formula is C16H20O2. The molecule has 0 radical (unpaired) electrons. The maximum absolute atomic E-state index is 12.6. The van der Waals surface area contributed by atoms with Gasteiger partial charge in [0.15, 0.2) is 5.78 Å². The molecule has 2 atom stereocenters. The Morgan fingerprint density at radius 1 is 1.22 bits per heavy atom. The third-order valence-corrected chi connectivity index (χ3v) is 4.58. The van der Waals surface area contributed by atoms with E-state index in [1.165, 1.54) is 25.7 Å². The zero-order valence-corrected chi connectivity index (χ0v) is 11.1. The van der Waals surface area contributed by atoms with Crippen molar-refractivity contribution in [3.8, 4) is 5.75 Å². The van der Waals surface area contributed by atoms with Gasteiger partial charge < -0.3 is 4.74 Å². The van der Waals surface area contributed by atoms with E-state index in [2.05, 4.69) is 0 Å². The summed E-state index contributed by atoms with van der Waals surface area (Å²) in [6.07, 6.45) is 5.09. The summed E-state index contributed by atoms with van der Waals surface area (Å²) in [6, 6.07) is 5.88. The first-order valence-corrected chi connectivity index (χ1v) is 6.91. The second kappa shape index (κ2) is 4.42. The van der Waals surface area contributed by atoms with Gasteiger partial charge >= 0.3 is 0 Å². The summed E-state index contributed by atoms with van der Waals surface area (Å²) in [7, 11) is 1.64. The number of hydrogen-bond acceptors (Lipinski definition) is 2. The van der Waals surface area contributed by atoms with E-state index >= 15 is 0 Å². The highest BCUT2D eigenvalue weighted by Crippen LogP contribution is 2.56. The van der Waals surface area contributed by atoms with Gasteiger partial charge in [0.2, 0.25) is 0 Å². The molecule has 0 heterocycles. The molecule has 0 N–H and O–H groups in total. The topological polar surface area (TPSA) is 26.3 Å². The lowest BCUT2D eigenvalue weighted by molar-refractivity contribution is 0.0953. The minimum atomic E-state index is 0.281. The number of benzene rings is 1. The molecule has 3 rings (SSSR count). The van der Waals surface area contributed by atoms with Crippen molar-refractivity contribution in [2.24, 2.45) is 17.8 Å². The van der Waals surface area contributed by atoms with E-state index in [1.54, 1.807) is 7.11 Å². The highest BCUT2D eigenvalue weighted by Gasteiger charge is 2.54. The first-order chi connectivity index (χ1) is 8.72. The molecule has 0 spiro atoms.